The molecule has 1 aliphatic rings. The number of amides is 8. The Morgan fingerprint density at radius 2 is 1.29 bits per heavy atom. The Morgan fingerprint density at radius 3 is 1.87 bits per heavy atom. The van der Waals surface area contributed by atoms with Crippen LogP contribution in [0, 0.1) is 11.3 Å². The molecule has 3 aromatic carbocycles. The predicted octanol–water partition coefficient (Wildman–Crippen LogP) is 2.20. The number of hydrogen-bond donors (Lipinski definition) is 11. The van der Waals surface area contributed by atoms with E-state index in [2.05, 4.69) is 51.1 Å². The number of rotatable bonds is 30. The highest BCUT2D eigenvalue weighted by molar-refractivity contribution is 7.98. The van der Waals surface area contributed by atoms with Crippen molar-refractivity contribution in [3.05, 3.63) is 77.9 Å². The fraction of sp³-hybridized carbons (Fsp3) is 0.536. The van der Waals surface area contributed by atoms with Gasteiger partial charge in [-0.25, -0.2) is 0 Å². The van der Waals surface area contributed by atoms with Crippen LogP contribution in [0.5, 0.6) is 5.75 Å². The first-order valence-electron chi connectivity index (χ1n) is 26.7. The molecule has 1 aliphatic heterocycles. The molecule has 0 spiro atoms. The monoisotopic (exact) mass is 1120 g/mol. The van der Waals surface area contributed by atoms with Gasteiger partial charge in [-0.2, -0.15) is 11.8 Å². The summed E-state index contributed by atoms with van der Waals surface area (Å²) in [7, 11) is 0. The molecule has 14 N–H and O–H groups in total. The fourth-order valence-corrected chi connectivity index (χ4v) is 8.51. The first-order chi connectivity index (χ1) is 37.6. The van der Waals surface area contributed by atoms with Gasteiger partial charge in [0.2, 0.25) is 47.3 Å². The summed E-state index contributed by atoms with van der Waals surface area (Å²) in [5, 5.41) is 27.2. The van der Waals surface area contributed by atoms with E-state index in [-0.39, 0.29) is 69.5 Å². The van der Waals surface area contributed by atoms with E-state index in [0.717, 1.165) is 10.8 Å². The SMILES string of the molecule is CC(=N)N.CCCC.CSC[C@@H](C)C(=O)N[C@@H](Cc1ccc(OCCN)cc1)C(=O)N[C@@H](Cc1ccc2ccccc2c1)C(=O)NC1(C(=O)N[C@@H](CCCCNC(C)=O)C(=O)N[C@@H](CC(N)=O)C(=O)N[C@@H](C)C=O)CCOCC1. The Kier molecular flexibility index (Phi) is 31.7. The van der Waals surface area contributed by atoms with Gasteiger partial charge in [0.15, 0.2) is 0 Å². The van der Waals surface area contributed by atoms with E-state index < -0.39 is 83.5 Å². The quantitative estimate of drug-likeness (QED) is 0.0197. The van der Waals surface area contributed by atoms with Gasteiger partial charge in [-0.15, -0.1) is 0 Å². The van der Waals surface area contributed by atoms with Crippen molar-refractivity contribution < 1.29 is 52.6 Å². The van der Waals surface area contributed by atoms with Crippen LogP contribution >= 0.6 is 11.8 Å². The Morgan fingerprint density at radius 1 is 0.734 bits per heavy atom. The normalized spacial score (nSPS) is 14.6. The van der Waals surface area contributed by atoms with E-state index in [9.17, 15) is 43.2 Å². The molecule has 23 heteroatoms. The van der Waals surface area contributed by atoms with Gasteiger partial charge >= 0.3 is 0 Å². The van der Waals surface area contributed by atoms with Crippen molar-refractivity contribution in [1.82, 2.24) is 37.2 Å². The lowest BCUT2D eigenvalue weighted by Gasteiger charge is -2.38. The van der Waals surface area contributed by atoms with E-state index in [1.807, 2.05) is 48.7 Å². The van der Waals surface area contributed by atoms with Crippen molar-refractivity contribution >= 4 is 81.9 Å². The molecule has 3 aromatic rings. The third-order valence-electron chi connectivity index (χ3n) is 12.3. The first-order valence-corrected chi connectivity index (χ1v) is 28.1. The van der Waals surface area contributed by atoms with Crippen LogP contribution in [0.15, 0.2) is 66.7 Å². The van der Waals surface area contributed by atoms with Crippen LogP contribution in [0.25, 0.3) is 10.8 Å². The minimum atomic E-state index is -1.69. The molecule has 4 rings (SSSR count). The molecule has 8 amide bonds. The maximum absolute atomic E-state index is 14.9. The van der Waals surface area contributed by atoms with Crippen LogP contribution in [0.4, 0.5) is 0 Å². The molecule has 1 saturated heterocycles. The lowest BCUT2D eigenvalue weighted by molar-refractivity contribution is -0.141. The number of hydrogen-bond acceptors (Lipinski definition) is 14. The number of unbranched alkanes of at least 4 members (excludes halogenated alkanes) is 2. The van der Waals surface area contributed by atoms with Crippen molar-refractivity contribution in [2.24, 2.45) is 23.1 Å². The average Bonchev–Trinajstić information content (AvgIpc) is 3.43. The third-order valence-corrected chi connectivity index (χ3v) is 13.1. The van der Waals surface area contributed by atoms with E-state index in [1.165, 1.54) is 45.4 Å². The largest absolute Gasteiger partial charge is 0.492 e. The van der Waals surface area contributed by atoms with Crippen LogP contribution in [-0.2, 0) is 60.7 Å². The molecule has 1 heterocycles. The van der Waals surface area contributed by atoms with Crippen LogP contribution in [0.1, 0.15) is 104 Å². The summed E-state index contributed by atoms with van der Waals surface area (Å²) < 4.78 is 11.3. The van der Waals surface area contributed by atoms with Crippen LogP contribution < -0.4 is 59.2 Å². The lowest BCUT2D eigenvalue weighted by Crippen LogP contribution is -2.67. The molecule has 1 fully saturated rings. The Balaban J connectivity index is 0.00000249. The minimum absolute atomic E-state index is 0.000101. The summed E-state index contributed by atoms with van der Waals surface area (Å²) in [5.41, 5.74) is 15.4. The third kappa shape index (κ3) is 25.9. The zero-order chi connectivity index (χ0) is 58.9. The molecular weight excluding hydrogens is 1030 g/mol. The van der Waals surface area contributed by atoms with Gasteiger partial charge in [-0.3, -0.25) is 43.8 Å². The standard InChI is InChI=1S/C50H69N9O11S.C4H10.C2H6N2/c1-31(30-71-4)44(63)55-40(26-34-13-16-38(17-14-34)70-24-20-51)47(66)56-41(27-35-12-15-36-9-5-6-10-37(36)25-35)48(67)59-50(18-22-69-23-19-50)49(68)58-39(11-7-8-21-53-33(3)61)45(64)57-42(28-43(52)62)46(65)54-32(2)29-60;1-3-4-2;1-2(3)4/h5-6,9-10,12-17,25,29,31-32,39-42H,7-8,11,18-24,26-28,30,51H2,1-4H3,(H2,52,62)(H,53,61)(H,54,65)(H,55,63)(H,56,66)(H,57,64)(H,58,68)(H,59,67);3-4H2,1-2H3;1H3,(H3,3,4)/t31-,32+,39+,40+,41+,42+;;/m1../s1. The Labute approximate surface area is 468 Å². The van der Waals surface area contributed by atoms with E-state index in [0.29, 0.717) is 54.9 Å². The molecule has 79 heavy (non-hydrogen) atoms. The van der Waals surface area contributed by atoms with Crippen LogP contribution in [0.2, 0.25) is 0 Å². The second-order valence-electron chi connectivity index (χ2n) is 19.4. The van der Waals surface area contributed by atoms with Crippen LogP contribution in [0.3, 0.4) is 0 Å². The summed E-state index contributed by atoms with van der Waals surface area (Å²) in [5.74, 6) is -4.61. The topological polar surface area (TPSA) is 358 Å². The molecule has 0 bridgehead atoms. The van der Waals surface area contributed by atoms with Crippen molar-refractivity contribution in [1.29, 1.82) is 5.41 Å². The number of nitrogens with two attached hydrogens (primary N) is 3. The molecule has 6 atom stereocenters. The van der Waals surface area contributed by atoms with Gasteiger partial charge in [0.25, 0.3) is 0 Å². The van der Waals surface area contributed by atoms with Crippen molar-refractivity contribution in [3.8, 4) is 5.75 Å². The summed E-state index contributed by atoms with van der Waals surface area (Å²) in [6, 6.07) is 14.1. The molecular formula is C56H85N11O11S. The maximum atomic E-state index is 14.9. The number of aldehydes is 1. The molecule has 0 aliphatic carbocycles. The molecule has 0 unspecified atom stereocenters. The second-order valence-corrected chi connectivity index (χ2v) is 20.3. The number of amidine groups is 1. The van der Waals surface area contributed by atoms with Gasteiger partial charge in [0.05, 0.1) is 18.3 Å². The number of ether oxygens (including phenoxy) is 2. The Hall–Kier alpha value is -7.11. The minimum Gasteiger partial charge on any atom is -0.492 e. The second kappa shape index (κ2) is 36.9. The van der Waals surface area contributed by atoms with Crippen LogP contribution in [-0.4, -0.2) is 140 Å². The summed E-state index contributed by atoms with van der Waals surface area (Å²) in [6.07, 6.45) is 5.01. The molecule has 0 aromatic heterocycles. The lowest BCUT2D eigenvalue weighted by atomic mass is 9.87. The molecule has 0 radical (unpaired) electrons. The van der Waals surface area contributed by atoms with Crippen molar-refractivity contribution in [2.45, 2.75) is 141 Å². The molecule has 0 saturated carbocycles. The summed E-state index contributed by atoms with van der Waals surface area (Å²) in [6.45, 7) is 11.4. The number of benzene rings is 3. The zero-order valence-corrected chi connectivity index (χ0v) is 47.7. The van der Waals surface area contributed by atoms with E-state index in [1.54, 1.807) is 31.2 Å². The van der Waals surface area contributed by atoms with Gasteiger partial charge in [-0.1, -0.05) is 88.2 Å². The summed E-state index contributed by atoms with van der Waals surface area (Å²) in [4.78, 5) is 120. The van der Waals surface area contributed by atoms with Gasteiger partial charge in [0.1, 0.15) is 48.3 Å². The smallest absolute Gasteiger partial charge is 0.246 e. The van der Waals surface area contributed by atoms with Crippen molar-refractivity contribution in [3.63, 3.8) is 0 Å². The number of carbonyl (C=O) groups is 9. The number of primary amides is 1. The number of fused-ring (bicyclic) bond motifs is 1. The van der Waals surface area contributed by atoms with E-state index in [4.69, 9.17) is 32.1 Å². The fourth-order valence-electron chi connectivity index (χ4n) is 7.86. The zero-order valence-electron chi connectivity index (χ0n) is 46.8. The Bertz CT molecular complexity index is 2450. The van der Waals surface area contributed by atoms with E-state index >= 15 is 0 Å². The average molecular weight is 1120 g/mol. The van der Waals surface area contributed by atoms with Gasteiger partial charge in [-0.05, 0) is 73.4 Å². The number of thioether (sulfide) groups is 1. The highest BCUT2D eigenvalue weighted by Crippen LogP contribution is 2.24. The highest BCUT2D eigenvalue weighted by atomic mass is 32.2. The number of carbonyl (C=O) groups excluding carboxylic acids is 9. The molecule has 22 nitrogen and oxygen atoms in total. The van der Waals surface area contributed by atoms with Gasteiger partial charge in [0, 0.05) is 70.6 Å². The maximum Gasteiger partial charge on any atom is 0.246 e. The van der Waals surface area contributed by atoms with Crippen molar-refractivity contribution in [2.75, 3.05) is 44.9 Å². The first kappa shape index (κ1) is 68.0. The predicted molar refractivity (Wildman–Crippen MR) is 307 cm³/mol. The molecule has 436 valence electrons. The van der Waals surface area contributed by atoms with Gasteiger partial charge < -0.3 is 68.7 Å². The number of nitrogens with one attached hydrogen (secondary N) is 8. The summed E-state index contributed by atoms with van der Waals surface area (Å²) >= 11 is 1.48. The highest BCUT2D eigenvalue weighted by Gasteiger charge is 2.44.